The second kappa shape index (κ2) is 8.76. The quantitative estimate of drug-likeness (QED) is 0.413. The number of rotatable bonds is 8. The minimum Gasteiger partial charge on any atom is -0.493 e. The molecule has 0 amide bonds. The molecule has 0 saturated carbocycles. The fraction of sp³-hybridized carbons (Fsp3) is 0.375. The van der Waals surface area contributed by atoms with E-state index < -0.39 is 0 Å². The lowest BCUT2D eigenvalue weighted by molar-refractivity contribution is 0.306. The molecule has 2 rings (SSSR count). The van der Waals surface area contributed by atoms with Gasteiger partial charge in [-0.25, -0.2) is 4.98 Å². The zero-order valence-corrected chi connectivity index (χ0v) is 14.4. The van der Waals surface area contributed by atoms with Crippen LogP contribution >= 0.6 is 22.9 Å². The molecule has 0 atom stereocenters. The van der Waals surface area contributed by atoms with Crippen LogP contribution in [0.25, 0.3) is 0 Å². The van der Waals surface area contributed by atoms with Crippen LogP contribution in [0.3, 0.4) is 0 Å². The summed E-state index contributed by atoms with van der Waals surface area (Å²) in [6, 6.07) is 5.55. The number of anilines is 1. The molecule has 0 aliphatic heterocycles. The number of hydrazone groups is 1. The van der Waals surface area contributed by atoms with E-state index in [1.54, 1.807) is 6.21 Å². The number of ether oxygens (including phenoxy) is 1. The third-order valence-electron chi connectivity index (χ3n) is 2.96. The first-order chi connectivity index (χ1) is 10.7. The lowest BCUT2D eigenvalue weighted by atomic mass is 10.2. The predicted molar refractivity (Wildman–Crippen MR) is 94.5 cm³/mol. The lowest BCUT2D eigenvalue weighted by Crippen LogP contribution is -2.00. The molecule has 22 heavy (non-hydrogen) atoms. The van der Waals surface area contributed by atoms with Crippen molar-refractivity contribution >= 4 is 34.3 Å². The third-order valence-corrected chi connectivity index (χ3v) is 4.06. The van der Waals surface area contributed by atoms with Crippen LogP contribution in [0.1, 0.15) is 37.4 Å². The van der Waals surface area contributed by atoms with Gasteiger partial charge in [-0.2, -0.15) is 5.10 Å². The summed E-state index contributed by atoms with van der Waals surface area (Å²) in [5.74, 6) is 0.793. The molecule has 0 fully saturated rings. The van der Waals surface area contributed by atoms with E-state index in [1.807, 2.05) is 30.5 Å². The number of nitrogens with zero attached hydrogens (tertiary/aromatic N) is 2. The van der Waals surface area contributed by atoms with Gasteiger partial charge in [-0.15, -0.1) is 11.3 Å². The van der Waals surface area contributed by atoms with Gasteiger partial charge in [0.2, 0.25) is 5.13 Å². The molecule has 0 spiro atoms. The van der Waals surface area contributed by atoms with Crippen LogP contribution in [0.2, 0.25) is 5.02 Å². The fourth-order valence-corrected chi connectivity index (χ4v) is 2.67. The van der Waals surface area contributed by atoms with E-state index in [1.165, 1.54) is 24.2 Å². The Labute approximate surface area is 140 Å². The Morgan fingerprint density at radius 2 is 2.27 bits per heavy atom. The first-order valence-corrected chi connectivity index (χ1v) is 8.58. The highest BCUT2D eigenvalue weighted by Crippen LogP contribution is 2.22. The highest BCUT2D eigenvalue weighted by Gasteiger charge is 2.03. The molecule has 0 bridgehead atoms. The van der Waals surface area contributed by atoms with Crippen molar-refractivity contribution in [2.24, 2.45) is 5.10 Å². The van der Waals surface area contributed by atoms with Gasteiger partial charge >= 0.3 is 0 Å². The van der Waals surface area contributed by atoms with Crippen LogP contribution < -0.4 is 10.2 Å². The van der Waals surface area contributed by atoms with Gasteiger partial charge in [-0.3, -0.25) is 5.43 Å². The molecule has 0 unspecified atom stereocenters. The Morgan fingerprint density at radius 3 is 3.00 bits per heavy atom. The Bertz CT molecular complexity index is 628. The molecular weight excluding hydrogens is 318 g/mol. The number of aromatic nitrogens is 1. The normalized spacial score (nSPS) is 11.0. The lowest BCUT2D eigenvalue weighted by Gasteiger charge is -2.09. The molecule has 0 saturated heterocycles. The Morgan fingerprint density at radius 1 is 1.41 bits per heavy atom. The minimum atomic E-state index is 0.660. The standard InChI is InChI=1S/C16H20ClN3OS/c1-3-4-5-8-21-15-7-6-14(17)9-13(15)10-18-20-16-19-12(2)11-22-16/h6-7,9-11H,3-5,8H2,1-2H3,(H,19,20). The van der Waals surface area contributed by atoms with Gasteiger partial charge in [0.1, 0.15) is 5.75 Å². The maximum absolute atomic E-state index is 6.05. The molecular formula is C16H20ClN3OS. The summed E-state index contributed by atoms with van der Waals surface area (Å²) in [7, 11) is 0. The highest BCUT2D eigenvalue weighted by molar-refractivity contribution is 7.13. The van der Waals surface area contributed by atoms with Crippen molar-refractivity contribution in [3.05, 3.63) is 39.9 Å². The Hall–Kier alpha value is -1.59. The molecule has 1 aromatic carbocycles. The summed E-state index contributed by atoms with van der Waals surface area (Å²) in [5, 5.41) is 7.60. The van der Waals surface area contributed by atoms with Gasteiger partial charge in [0.15, 0.2) is 0 Å². The van der Waals surface area contributed by atoms with Gasteiger partial charge in [-0.05, 0) is 31.5 Å². The average Bonchev–Trinajstić information content (AvgIpc) is 2.91. The largest absolute Gasteiger partial charge is 0.493 e. The van der Waals surface area contributed by atoms with Crippen molar-refractivity contribution in [3.63, 3.8) is 0 Å². The van der Waals surface area contributed by atoms with Crippen LogP contribution in [-0.4, -0.2) is 17.8 Å². The second-order valence-electron chi connectivity index (χ2n) is 4.90. The number of unbranched alkanes of at least 4 members (excludes halogenated alkanes) is 2. The van der Waals surface area contributed by atoms with Crippen molar-refractivity contribution in [2.45, 2.75) is 33.1 Å². The molecule has 1 N–H and O–H groups in total. The number of halogens is 1. The van der Waals surface area contributed by atoms with E-state index in [4.69, 9.17) is 16.3 Å². The van der Waals surface area contributed by atoms with E-state index in [9.17, 15) is 0 Å². The van der Waals surface area contributed by atoms with Crippen LogP contribution in [0.5, 0.6) is 5.75 Å². The summed E-state index contributed by atoms with van der Waals surface area (Å²) < 4.78 is 5.81. The van der Waals surface area contributed by atoms with Crippen LogP contribution in [0.15, 0.2) is 28.7 Å². The topological polar surface area (TPSA) is 46.5 Å². The van der Waals surface area contributed by atoms with E-state index in [-0.39, 0.29) is 0 Å². The molecule has 0 radical (unpaired) electrons. The average molecular weight is 338 g/mol. The molecule has 2 aromatic rings. The van der Waals surface area contributed by atoms with Gasteiger partial charge in [0.25, 0.3) is 0 Å². The minimum absolute atomic E-state index is 0.660. The van der Waals surface area contributed by atoms with Gasteiger partial charge in [0.05, 0.1) is 18.5 Å². The van der Waals surface area contributed by atoms with E-state index in [2.05, 4.69) is 22.4 Å². The molecule has 6 heteroatoms. The van der Waals surface area contributed by atoms with E-state index in [0.29, 0.717) is 11.6 Å². The number of aryl methyl sites for hydroxylation is 1. The maximum atomic E-state index is 6.05. The summed E-state index contributed by atoms with van der Waals surface area (Å²) in [6.45, 7) is 4.83. The second-order valence-corrected chi connectivity index (χ2v) is 6.20. The van der Waals surface area contributed by atoms with Crippen LogP contribution in [0.4, 0.5) is 5.13 Å². The van der Waals surface area contributed by atoms with Gasteiger partial charge in [-0.1, -0.05) is 31.4 Å². The summed E-state index contributed by atoms with van der Waals surface area (Å²) in [5.41, 5.74) is 4.74. The van der Waals surface area contributed by atoms with Crippen molar-refractivity contribution < 1.29 is 4.74 Å². The zero-order valence-electron chi connectivity index (χ0n) is 12.8. The summed E-state index contributed by atoms with van der Waals surface area (Å²) >= 11 is 7.57. The summed E-state index contributed by atoms with van der Waals surface area (Å²) in [6.07, 6.45) is 5.10. The monoisotopic (exact) mass is 337 g/mol. The van der Waals surface area contributed by atoms with E-state index >= 15 is 0 Å². The fourth-order valence-electron chi connectivity index (χ4n) is 1.85. The highest BCUT2D eigenvalue weighted by atomic mass is 35.5. The van der Waals surface area contributed by atoms with Crippen molar-refractivity contribution in [2.75, 3.05) is 12.0 Å². The zero-order chi connectivity index (χ0) is 15.8. The molecule has 118 valence electrons. The van der Waals surface area contributed by atoms with E-state index in [0.717, 1.165) is 28.6 Å². The number of thiazole rings is 1. The first kappa shape index (κ1) is 16.8. The van der Waals surface area contributed by atoms with Crippen LogP contribution in [-0.2, 0) is 0 Å². The van der Waals surface area contributed by atoms with Gasteiger partial charge < -0.3 is 4.74 Å². The summed E-state index contributed by atoms with van der Waals surface area (Å²) in [4.78, 5) is 4.29. The molecule has 4 nitrogen and oxygen atoms in total. The maximum Gasteiger partial charge on any atom is 0.203 e. The first-order valence-electron chi connectivity index (χ1n) is 7.32. The Balaban J connectivity index is 1.99. The molecule has 1 aromatic heterocycles. The molecule has 1 heterocycles. The molecule has 0 aliphatic rings. The Kier molecular flexibility index (Phi) is 6.68. The SMILES string of the molecule is CCCCCOc1ccc(Cl)cc1C=NNc1nc(C)cs1. The number of hydrogen-bond acceptors (Lipinski definition) is 5. The van der Waals surface area contributed by atoms with Crippen LogP contribution in [0, 0.1) is 6.92 Å². The van der Waals surface area contributed by atoms with Crippen molar-refractivity contribution in [1.82, 2.24) is 4.98 Å². The third kappa shape index (κ3) is 5.31. The smallest absolute Gasteiger partial charge is 0.203 e. The number of hydrogen-bond donors (Lipinski definition) is 1. The van der Waals surface area contributed by atoms with Crippen molar-refractivity contribution in [1.29, 1.82) is 0 Å². The predicted octanol–water partition coefficient (Wildman–Crippen LogP) is 5.12. The number of benzene rings is 1. The van der Waals surface area contributed by atoms with Gasteiger partial charge in [0, 0.05) is 16.0 Å². The molecule has 0 aliphatic carbocycles. The van der Waals surface area contributed by atoms with Crippen molar-refractivity contribution in [3.8, 4) is 5.75 Å². The number of nitrogens with one attached hydrogen (secondary N) is 1.